The second-order valence-corrected chi connectivity index (χ2v) is 11.7. The molecular weight excluding hydrogens is 528 g/mol. The van der Waals surface area contributed by atoms with E-state index in [2.05, 4.69) is 51.8 Å². The van der Waals surface area contributed by atoms with Crippen molar-refractivity contribution in [2.75, 3.05) is 23.8 Å². The number of fused-ring (bicyclic) bond motifs is 2. The van der Waals surface area contributed by atoms with Gasteiger partial charge in [-0.15, -0.1) is 0 Å². The zero-order valence-electron chi connectivity index (χ0n) is 23.5. The van der Waals surface area contributed by atoms with Crippen molar-refractivity contribution in [2.45, 2.75) is 50.5 Å². The number of aromatic nitrogens is 5. The van der Waals surface area contributed by atoms with Crippen LogP contribution in [0.25, 0.3) is 16.6 Å². The number of likely N-dealkylation sites (N-methyl/N-ethyl adjacent to an activating group) is 1. The maximum absolute atomic E-state index is 12.8. The van der Waals surface area contributed by atoms with Gasteiger partial charge >= 0.3 is 6.03 Å². The number of hydrogen-bond acceptors (Lipinski definition) is 7. The van der Waals surface area contributed by atoms with E-state index in [4.69, 9.17) is 9.97 Å². The number of nitrogens with zero attached hydrogens (tertiary/aromatic N) is 7. The molecule has 3 aliphatic rings. The molecule has 2 atom stereocenters. The molecule has 0 spiro atoms. The average molecular weight is 559 g/mol. The summed E-state index contributed by atoms with van der Waals surface area (Å²) in [5.74, 6) is 1.86. The minimum absolute atomic E-state index is 0.0330. The second-order valence-electron chi connectivity index (χ2n) is 11.7. The summed E-state index contributed by atoms with van der Waals surface area (Å²) in [6.45, 7) is 2.54. The van der Waals surface area contributed by atoms with Crippen LogP contribution in [0.15, 0.2) is 61.1 Å². The Bertz CT molecular complexity index is 1910. The first kappa shape index (κ1) is 24.9. The summed E-state index contributed by atoms with van der Waals surface area (Å²) in [7, 11) is 1.52. The van der Waals surface area contributed by atoms with Crippen molar-refractivity contribution in [1.29, 1.82) is 0 Å². The Morgan fingerprint density at radius 3 is 2.62 bits per heavy atom. The number of aryl methyl sites for hydroxylation is 1. The van der Waals surface area contributed by atoms with E-state index in [-0.39, 0.29) is 18.5 Å². The summed E-state index contributed by atoms with van der Waals surface area (Å²) < 4.78 is 1.99. The molecule has 0 radical (unpaired) electrons. The Morgan fingerprint density at radius 1 is 0.976 bits per heavy atom. The van der Waals surface area contributed by atoms with Gasteiger partial charge in [0.1, 0.15) is 12.4 Å². The summed E-state index contributed by atoms with van der Waals surface area (Å²) >= 11 is 0. The van der Waals surface area contributed by atoms with Crippen molar-refractivity contribution in [3.8, 4) is 0 Å². The quantitative estimate of drug-likeness (QED) is 0.276. The zero-order chi connectivity index (χ0) is 28.5. The van der Waals surface area contributed by atoms with E-state index < -0.39 is 0 Å². The van der Waals surface area contributed by atoms with Crippen LogP contribution in [0.1, 0.15) is 65.5 Å². The highest BCUT2D eigenvalue weighted by molar-refractivity contribution is 6.13. The minimum atomic E-state index is -0.315. The van der Waals surface area contributed by atoms with Crippen molar-refractivity contribution in [1.82, 2.24) is 29.2 Å². The lowest BCUT2D eigenvalue weighted by molar-refractivity contribution is -0.123. The molecule has 2 aliphatic carbocycles. The average Bonchev–Trinajstić information content (AvgIpc) is 3.92. The molecule has 1 aliphatic heterocycles. The maximum atomic E-state index is 12.8. The second kappa shape index (κ2) is 9.34. The largest absolute Gasteiger partial charge is 0.379 e. The van der Waals surface area contributed by atoms with Crippen molar-refractivity contribution in [3.05, 3.63) is 89.5 Å². The van der Waals surface area contributed by atoms with Crippen molar-refractivity contribution in [2.24, 2.45) is 0 Å². The Hall–Kier alpha value is -4.86. The summed E-state index contributed by atoms with van der Waals surface area (Å²) in [5, 5.41) is 4.59. The Balaban J connectivity index is 1.04. The van der Waals surface area contributed by atoms with Gasteiger partial charge in [-0.2, -0.15) is 0 Å². The van der Waals surface area contributed by atoms with Crippen LogP contribution in [0.4, 0.5) is 16.2 Å². The van der Waals surface area contributed by atoms with Crippen LogP contribution in [0, 0.1) is 6.92 Å². The number of rotatable bonds is 7. The van der Waals surface area contributed by atoms with Crippen LogP contribution in [-0.2, 0) is 11.3 Å². The third kappa shape index (κ3) is 4.34. The molecule has 10 nitrogen and oxygen atoms in total. The smallest absolute Gasteiger partial charge is 0.331 e. The Morgan fingerprint density at radius 2 is 1.83 bits per heavy atom. The molecule has 1 saturated heterocycles. The molecule has 3 amide bonds. The predicted octanol–water partition coefficient (Wildman–Crippen LogP) is 5.14. The van der Waals surface area contributed by atoms with E-state index >= 15 is 0 Å². The highest BCUT2D eigenvalue weighted by atomic mass is 16.2. The molecule has 2 saturated carbocycles. The monoisotopic (exact) mass is 558 g/mol. The number of benzene rings is 1. The number of imidazole rings is 1. The first-order valence-corrected chi connectivity index (χ1v) is 14.4. The third-order valence-electron chi connectivity index (χ3n) is 8.63. The first-order valence-electron chi connectivity index (χ1n) is 14.4. The molecule has 210 valence electrons. The van der Waals surface area contributed by atoms with Crippen LogP contribution < -0.4 is 10.2 Å². The molecule has 3 fully saturated rings. The fourth-order valence-electron chi connectivity index (χ4n) is 5.96. The number of urea groups is 1. The lowest BCUT2D eigenvalue weighted by atomic mass is 10.1. The van der Waals surface area contributed by atoms with Crippen LogP contribution in [0.3, 0.4) is 0 Å². The molecule has 1 N–H and O–H groups in total. The maximum Gasteiger partial charge on any atom is 0.331 e. The summed E-state index contributed by atoms with van der Waals surface area (Å²) in [5.41, 5.74) is 7.35. The van der Waals surface area contributed by atoms with Gasteiger partial charge < -0.3 is 9.72 Å². The molecule has 5 heterocycles. The number of amides is 3. The topological polar surface area (TPSA) is 109 Å². The summed E-state index contributed by atoms with van der Waals surface area (Å²) in [4.78, 5) is 46.8. The van der Waals surface area contributed by atoms with E-state index in [0.717, 1.165) is 58.8 Å². The number of nitrogens with one attached hydrogen (secondary N) is 1. The van der Waals surface area contributed by atoms with Gasteiger partial charge in [0.05, 0.1) is 23.4 Å². The van der Waals surface area contributed by atoms with E-state index in [1.807, 2.05) is 35.9 Å². The number of carbonyl (C=O) groups excluding carboxylic acids is 2. The molecule has 0 unspecified atom stereocenters. The zero-order valence-corrected chi connectivity index (χ0v) is 23.5. The number of carbonyl (C=O) groups is 2. The van der Waals surface area contributed by atoms with E-state index in [1.54, 1.807) is 0 Å². The minimum Gasteiger partial charge on any atom is -0.379 e. The first-order chi connectivity index (χ1) is 20.4. The van der Waals surface area contributed by atoms with Gasteiger partial charge in [0.25, 0.3) is 0 Å². The fraction of sp³-hybridized carbons (Fsp3) is 0.312. The van der Waals surface area contributed by atoms with Crippen molar-refractivity contribution < 1.29 is 9.59 Å². The van der Waals surface area contributed by atoms with Gasteiger partial charge in [0, 0.05) is 59.9 Å². The number of hydrogen-bond donors (Lipinski definition) is 1. The van der Waals surface area contributed by atoms with Gasteiger partial charge in [-0.05, 0) is 68.0 Å². The van der Waals surface area contributed by atoms with E-state index in [1.165, 1.54) is 22.4 Å². The highest BCUT2D eigenvalue weighted by Crippen LogP contribution is 2.53. The molecule has 1 aromatic carbocycles. The molecule has 10 heteroatoms. The van der Waals surface area contributed by atoms with Gasteiger partial charge in [0.15, 0.2) is 5.65 Å². The molecule has 5 aromatic rings. The lowest BCUT2D eigenvalue weighted by Gasteiger charge is -2.17. The Kier molecular flexibility index (Phi) is 5.53. The number of imide groups is 1. The van der Waals surface area contributed by atoms with Gasteiger partial charge in [-0.1, -0.05) is 12.1 Å². The summed E-state index contributed by atoms with van der Waals surface area (Å²) in [6.07, 6.45) is 9.24. The molecule has 4 aromatic heterocycles. The molecule has 0 bridgehead atoms. The normalized spacial score (nSPS) is 20.2. The van der Waals surface area contributed by atoms with Crippen molar-refractivity contribution >= 4 is 39.9 Å². The SMILES string of the molecule is Cc1ccnc([C@H]2C[C@@H]2c2ccc3ccc(NCc4cn5cc(C6CC6)cc(N6CC(=O)N(C)C6=O)c5n4)cc3n2)n1. The third-order valence-corrected chi connectivity index (χ3v) is 8.63. The van der Waals surface area contributed by atoms with Crippen LogP contribution >= 0.6 is 0 Å². The van der Waals surface area contributed by atoms with Gasteiger partial charge in [-0.25, -0.2) is 19.7 Å². The number of anilines is 2. The molecule has 42 heavy (non-hydrogen) atoms. The van der Waals surface area contributed by atoms with E-state index in [0.29, 0.717) is 35.6 Å². The van der Waals surface area contributed by atoms with Gasteiger partial charge in [0.2, 0.25) is 5.91 Å². The lowest BCUT2D eigenvalue weighted by Crippen LogP contribution is -2.30. The van der Waals surface area contributed by atoms with Crippen LogP contribution in [-0.4, -0.2) is 54.8 Å². The van der Waals surface area contributed by atoms with E-state index in [9.17, 15) is 9.59 Å². The standard InChI is InChI=1S/C32H30N8O2/c1-18-9-10-33-30(35-18)25-13-24(25)26-8-6-20-5-7-22(12-27(20)37-26)34-14-23-16-39-15-21(19-3-4-19)11-28(31(39)36-23)40-17-29(41)38(2)32(40)42/h5-12,15-16,19,24-25,34H,3-4,13-14,17H2,1-2H3/t24-,25-/m0/s1. The number of pyridine rings is 2. The van der Waals surface area contributed by atoms with Crippen LogP contribution in [0.5, 0.6) is 0 Å². The van der Waals surface area contributed by atoms with Crippen molar-refractivity contribution in [3.63, 3.8) is 0 Å². The molecule has 8 rings (SSSR count). The summed E-state index contributed by atoms with van der Waals surface area (Å²) in [6, 6.07) is 14.1. The fourth-order valence-corrected chi connectivity index (χ4v) is 5.96. The van der Waals surface area contributed by atoms with Crippen LogP contribution in [0.2, 0.25) is 0 Å². The highest BCUT2D eigenvalue weighted by Gasteiger charge is 2.43. The Labute approximate surface area is 242 Å². The predicted molar refractivity (Wildman–Crippen MR) is 159 cm³/mol. The molecular formula is C32H30N8O2. The van der Waals surface area contributed by atoms with Gasteiger partial charge in [-0.3, -0.25) is 19.6 Å².